The molecule has 2 heterocycles. The molecule has 1 aromatic carbocycles. The minimum Gasteiger partial charge on any atom is -0.476 e. The van der Waals surface area contributed by atoms with Crippen LogP contribution < -0.4 is 20.8 Å². The van der Waals surface area contributed by atoms with Crippen molar-refractivity contribution in [2.24, 2.45) is 10.8 Å². The van der Waals surface area contributed by atoms with Crippen molar-refractivity contribution in [3.63, 3.8) is 0 Å². The number of ether oxygens (including phenoxy) is 1. The number of rotatable bonds is 6. The number of carbonyl (C=O) groups is 2. The second-order valence-corrected chi connectivity index (χ2v) is 5.73. The lowest BCUT2D eigenvalue weighted by molar-refractivity contribution is -0.119. The number of hydrogen-bond donors (Lipinski definition) is 2. The van der Waals surface area contributed by atoms with Gasteiger partial charge in [-0.1, -0.05) is 0 Å². The van der Waals surface area contributed by atoms with E-state index in [0.29, 0.717) is 18.0 Å². The van der Waals surface area contributed by atoms with E-state index >= 15 is 0 Å². The molecule has 0 unspecified atom stereocenters. The van der Waals surface area contributed by atoms with E-state index in [-0.39, 0.29) is 18.0 Å². The fourth-order valence-corrected chi connectivity index (χ4v) is 2.63. The smallest absolute Gasteiger partial charge is 0.272 e. The number of carbonyl (C=O) groups excluding carboxylic acids is 2. The number of nitrogens with two attached hydrogens (primary N) is 1. The highest BCUT2D eigenvalue weighted by Gasteiger charge is 2.35. The molecule has 27 heavy (non-hydrogen) atoms. The molecule has 0 radical (unpaired) electrons. The molecule has 0 saturated heterocycles. The maximum Gasteiger partial charge on any atom is 0.272 e. The number of pyridine rings is 1. The van der Waals surface area contributed by atoms with E-state index in [1.165, 1.54) is 29.3 Å². The molecule has 2 aromatic rings. The van der Waals surface area contributed by atoms with Crippen molar-refractivity contribution in [2.75, 3.05) is 16.9 Å². The number of anilines is 2. The number of nitrogens with one attached hydrogen (secondary N) is 1. The van der Waals surface area contributed by atoms with Crippen LogP contribution in [0.15, 0.2) is 47.7 Å². The van der Waals surface area contributed by atoms with E-state index in [1.807, 2.05) is 0 Å². The lowest BCUT2D eigenvalue weighted by Gasteiger charge is -2.20. The predicted octanol–water partition coefficient (Wildman–Crippen LogP) is 1.68. The van der Waals surface area contributed by atoms with Gasteiger partial charge in [0.25, 0.3) is 5.91 Å². The molecule has 1 aliphatic rings. The average molecular weight is 371 g/mol. The minimum absolute atomic E-state index is 0.0305. The normalized spacial score (nSPS) is 16.0. The topological polar surface area (TPSA) is 110 Å². The minimum atomic E-state index is -0.837. The first-order chi connectivity index (χ1) is 13.0. The largest absolute Gasteiger partial charge is 0.476 e. The van der Waals surface area contributed by atoms with Crippen molar-refractivity contribution in [2.45, 2.75) is 19.4 Å². The summed E-state index contributed by atoms with van der Waals surface area (Å²) in [7, 11) is 0. The van der Waals surface area contributed by atoms with Gasteiger partial charge in [-0.2, -0.15) is 5.10 Å². The van der Waals surface area contributed by atoms with Gasteiger partial charge in [-0.25, -0.2) is 9.37 Å². The van der Waals surface area contributed by atoms with Crippen molar-refractivity contribution < 1.29 is 18.7 Å². The zero-order valence-corrected chi connectivity index (χ0v) is 14.6. The molecule has 3 N–H and O–H groups in total. The van der Waals surface area contributed by atoms with Crippen molar-refractivity contribution in [3.05, 3.63) is 48.4 Å². The first-order valence-electron chi connectivity index (χ1n) is 8.30. The van der Waals surface area contributed by atoms with Crippen LogP contribution in [0.3, 0.4) is 0 Å². The summed E-state index contributed by atoms with van der Waals surface area (Å²) in [5.74, 6) is -1.27. The van der Waals surface area contributed by atoms with Crippen molar-refractivity contribution >= 4 is 28.9 Å². The highest BCUT2D eigenvalue weighted by molar-refractivity contribution is 6.44. The molecule has 1 aliphatic heterocycles. The Hall–Kier alpha value is -3.49. The maximum atomic E-state index is 13.1. The van der Waals surface area contributed by atoms with Gasteiger partial charge in [-0.05, 0) is 43.3 Å². The number of benzene rings is 1. The van der Waals surface area contributed by atoms with Gasteiger partial charge in [0.2, 0.25) is 11.8 Å². The standard InChI is InChI=1S/C18H18FN5O3/c1-2-27-18-13(4-3-9-21-18)22-17(26)14-10-15(16(20)25)24(23-14)12-7-5-11(19)6-8-12/h3-9,15H,2,10H2,1H3,(H2,20,25)(H,22,26)/t15-/m1/s1. The molecule has 0 spiro atoms. The van der Waals surface area contributed by atoms with Crippen LogP contribution in [-0.4, -0.2) is 35.2 Å². The first-order valence-corrected chi connectivity index (χ1v) is 8.30. The van der Waals surface area contributed by atoms with Crippen molar-refractivity contribution in [1.29, 1.82) is 0 Å². The fourth-order valence-electron chi connectivity index (χ4n) is 2.63. The molecule has 0 saturated carbocycles. The van der Waals surface area contributed by atoms with Gasteiger partial charge < -0.3 is 15.8 Å². The van der Waals surface area contributed by atoms with Crippen LogP contribution in [0.25, 0.3) is 0 Å². The number of primary amides is 1. The summed E-state index contributed by atoms with van der Waals surface area (Å²) in [4.78, 5) is 28.5. The third kappa shape index (κ3) is 4.02. The average Bonchev–Trinajstić information content (AvgIpc) is 3.10. The Morgan fingerprint density at radius 2 is 2.07 bits per heavy atom. The van der Waals surface area contributed by atoms with Gasteiger partial charge in [0.05, 0.1) is 12.3 Å². The van der Waals surface area contributed by atoms with Gasteiger partial charge >= 0.3 is 0 Å². The number of amides is 2. The Morgan fingerprint density at radius 1 is 1.33 bits per heavy atom. The third-order valence-electron chi connectivity index (χ3n) is 3.89. The molecule has 2 amide bonds. The Kier molecular flexibility index (Phi) is 5.30. The predicted molar refractivity (Wildman–Crippen MR) is 97.9 cm³/mol. The molecule has 9 heteroatoms. The summed E-state index contributed by atoms with van der Waals surface area (Å²) in [5, 5.41) is 8.22. The molecule has 140 valence electrons. The molecule has 1 atom stereocenters. The number of hydrogen-bond acceptors (Lipinski definition) is 6. The summed E-state index contributed by atoms with van der Waals surface area (Å²) in [6.07, 6.45) is 1.58. The lowest BCUT2D eigenvalue weighted by atomic mass is 10.1. The van der Waals surface area contributed by atoms with Crippen LogP contribution in [0.4, 0.5) is 15.8 Å². The highest BCUT2D eigenvalue weighted by atomic mass is 19.1. The lowest BCUT2D eigenvalue weighted by Crippen LogP contribution is -2.39. The molecule has 0 fully saturated rings. The van der Waals surface area contributed by atoms with Crippen LogP contribution >= 0.6 is 0 Å². The summed E-state index contributed by atoms with van der Waals surface area (Å²) in [6, 6.07) is 7.88. The van der Waals surface area contributed by atoms with Crippen molar-refractivity contribution in [3.8, 4) is 5.88 Å². The third-order valence-corrected chi connectivity index (χ3v) is 3.89. The molecule has 3 rings (SSSR count). The number of halogens is 1. The van der Waals surface area contributed by atoms with Gasteiger partial charge in [0.1, 0.15) is 23.3 Å². The molecule has 0 bridgehead atoms. The van der Waals surface area contributed by atoms with E-state index in [0.717, 1.165) is 0 Å². The Bertz CT molecular complexity index is 885. The van der Waals surface area contributed by atoms with Crippen molar-refractivity contribution in [1.82, 2.24) is 4.98 Å². The second-order valence-electron chi connectivity index (χ2n) is 5.73. The second kappa shape index (κ2) is 7.81. The van der Waals surface area contributed by atoms with Crippen LogP contribution in [0.5, 0.6) is 5.88 Å². The molecular formula is C18H18FN5O3. The van der Waals surface area contributed by atoms with Gasteiger partial charge in [0.15, 0.2) is 0 Å². The van der Waals surface area contributed by atoms with Gasteiger partial charge in [0, 0.05) is 12.6 Å². The summed E-state index contributed by atoms with van der Waals surface area (Å²) >= 11 is 0. The van der Waals surface area contributed by atoms with E-state index in [1.54, 1.807) is 25.3 Å². The molecule has 0 aliphatic carbocycles. The molecular weight excluding hydrogens is 353 g/mol. The van der Waals surface area contributed by atoms with E-state index in [2.05, 4.69) is 15.4 Å². The van der Waals surface area contributed by atoms with Crippen LogP contribution in [0.2, 0.25) is 0 Å². The van der Waals surface area contributed by atoms with Crippen LogP contribution in [0, 0.1) is 5.82 Å². The highest BCUT2D eigenvalue weighted by Crippen LogP contribution is 2.26. The Labute approximate surface area is 154 Å². The van der Waals surface area contributed by atoms with Gasteiger partial charge in [-0.15, -0.1) is 0 Å². The zero-order chi connectivity index (χ0) is 19.4. The summed E-state index contributed by atoms with van der Waals surface area (Å²) in [6.45, 7) is 2.20. The number of nitrogens with zero attached hydrogens (tertiary/aromatic N) is 3. The van der Waals surface area contributed by atoms with E-state index in [4.69, 9.17) is 10.5 Å². The molecule has 8 nitrogen and oxygen atoms in total. The fraction of sp³-hybridized carbons (Fsp3) is 0.222. The van der Waals surface area contributed by atoms with Gasteiger partial charge in [-0.3, -0.25) is 14.6 Å². The quantitative estimate of drug-likeness (QED) is 0.803. The summed E-state index contributed by atoms with van der Waals surface area (Å²) < 4.78 is 18.5. The maximum absolute atomic E-state index is 13.1. The number of aromatic nitrogens is 1. The summed E-state index contributed by atoms with van der Waals surface area (Å²) in [5.41, 5.74) is 6.41. The SMILES string of the molecule is CCOc1ncccc1NC(=O)C1=NN(c2ccc(F)cc2)[C@@H](C(N)=O)C1. The Balaban J connectivity index is 1.83. The van der Waals surface area contributed by atoms with E-state index < -0.39 is 23.7 Å². The zero-order valence-electron chi connectivity index (χ0n) is 14.6. The first kappa shape index (κ1) is 18.3. The van der Waals surface area contributed by atoms with Crippen LogP contribution in [-0.2, 0) is 9.59 Å². The Morgan fingerprint density at radius 3 is 2.74 bits per heavy atom. The monoisotopic (exact) mass is 371 g/mol. The van der Waals surface area contributed by atoms with Crippen LogP contribution in [0.1, 0.15) is 13.3 Å². The molecule has 1 aromatic heterocycles. The van der Waals surface area contributed by atoms with E-state index in [9.17, 15) is 14.0 Å². The number of hydrazone groups is 1.